The molecular formula is C9H11NS. The molecule has 0 amide bonds. The predicted octanol–water partition coefficient (Wildman–Crippen LogP) is 2.40. The van der Waals surface area contributed by atoms with E-state index in [-0.39, 0.29) is 4.75 Å². The number of hydrogen-bond acceptors (Lipinski definition) is 2. The highest BCUT2D eigenvalue weighted by Crippen LogP contribution is 2.39. The maximum absolute atomic E-state index is 4.37. The topological polar surface area (TPSA) is 12.4 Å². The van der Waals surface area contributed by atoms with Gasteiger partial charge >= 0.3 is 0 Å². The van der Waals surface area contributed by atoms with Crippen LogP contribution < -0.4 is 0 Å². The Morgan fingerprint density at radius 3 is 3.27 bits per heavy atom. The molecule has 0 fully saturated rings. The Kier molecular flexibility index (Phi) is 1.46. The van der Waals surface area contributed by atoms with Crippen molar-refractivity contribution in [3.8, 4) is 0 Å². The first-order valence-corrected chi connectivity index (χ1v) is 4.66. The second-order valence-electron chi connectivity index (χ2n) is 3.25. The highest BCUT2D eigenvalue weighted by atomic mass is 32.2. The number of thioether (sulfide) groups is 1. The molecule has 1 heterocycles. The summed E-state index contributed by atoms with van der Waals surface area (Å²) in [7, 11) is 0. The van der Waals surface area contributed by atoms with Crippen LogP contribution in [0.3, 0.4) is 0 Å². The molecule has 2 unspecified atom stereocenters. The van der Waals surface area contributed by atoms with Crippen molar-refractivity contribution in [2.24, 2.45) is 4.99 Å². The molecule has 0 radical (unpaired) electrons. The Hall–Kier alpha value is -0.500. The SMILES string of the molecule is CC1=CC2(C)SC=NC2C=C1. The van der Waals surface area contributed by atoms with Crippen LogP contribution in [0.1, 0.15) is 13.8 Å². The fourth-order valence-corrected chi connectivity index (χ4v) is 2.48. The average Bonchev–Trinajstić information content (AvgIpc) is 2.28. The van der Waals surface area contributed by atoms with E-state index in [1.807, 2.05) is 17.3 Å². The molecule has 0 aromatic carbocycles. The zero-order chi connectivity index (χ0) is 7.90. The molecular weight excluding hydrogens is 154 g/mol. The van der Waals surface area contributed by atoms with Crippen molar-refractivity contribution in [2.75, 3.05) is 0 Å². The monoisotopic (exact) mass is 165 g/mol. The molecule has 0 aromatic heterocycles. The number of nitrogens with zero attached hydrogens (tertiary/aromatic N) is 1. The molecule has 1 aliphatic heterocycles. The Morgan fingerprint density at radius 1 is 1.64 bits per heavy atom. The molecule has 0 saturated carbocycles. The van der Waals surface area contributed by atoms with Crippen molar-refractivity contribution in [3.63, 3.8) is 0 Å². The minimum absolute atomic E-state index is 0.207. The van der Waals surface area contributed by atoms with Gasteiger partial charge in [0.15, 0.2) is 0 Å². The number of allylic oxidation sites excluding steroid dienone is 2. The smallest absolute Gasteiger partial charge is 0.0872 e. The van der Waals surface area contributed by atoms with Crippen molar-refractivity contribution < 1.29 is 0 Å². The van der Waals surface area contributed by atoms with Gasteiger partial charge in [0, 0.05) is 0 Å². The second-order valence-corrected chi connectivity index (χ2v) is 4.57. The lowest BCUT2D eigenvalue weighted by atomic mass is 9.93. The van der Waals surface area contributed by atoms with E-state index in [9.17, 15) is 0 Å². The average molecular weight is 165 g/mol. The molecule has 0 bridgehead atoms. The summed E-state index contributed by atoms with van der Waals surface area (Å²) >= 11 is 1.81. The van der Waals surface area contributed by atoms with Gasteiger partial charge in [0.25, 0.3) is 0 Å². The predicted molar refractivity (Wildman–Crippen MR) is 51.2 cm³/mol. The van der Waals surface area contributed by atoms with Gasteiger partial charge in [-0.1, -0.05) is 23.8 Å². The first-order chi connectivity index (χ1) is 5.21. The summed E-state index contributed by atoms with van der Waals surface area (Å²) in [5, 5.41) is 0. The molecule has 2 aliphatic rings. The molecule has 2 rings (SSSR count). The standard InChI is InChI=1S/C9H11NS/c1-7-3-4-8-9(2,5-7)11-6-10-8/h3-6,8H,1-2H3. The molecule has 58 valence electrons. The Balaban J connectivity index is 2.37. The van der Waals surface area contributed by atoms with Gasteiger partial charge in [-0.05, 0) is 13.8 Å². The third-order valence-corrected chi connectivity index (χ3v) is 3.27. The van der Waals surface area contributed by atoms with E-state index in [0.29, 0.717) is 6.04 Å². The number of rotatable bonds is 0. The first kappa shape index (κ1) is 7.17. The van der Waals surface area contributed by atoms with Gasteiger partial charge in [-0.25, -0.2) is 0 Å². The maximum atomic E-state index is 4.37. The number of fused-ring (bicyclic) bond motifs is 1. The fraction of sp³-hybridized carbons (Fsp3) is 0.444. The summed E-state index contributed by atoms with van der Waals surface area (Å²) in [4.78, 5) is 4.37. The van der Waals surface area contributed by atoms with E-state index < -0.39 is 0 Å². The molecule has 0 saturated heterocycles. The highest BCUT2D eigenvalue weighted by Gasteiger charge is 2.35. The minimum atomic E-state index is 0.207. The summed E-state index contributed by atoms with van der Waals surface area (Å²) in [6.45, 7) is 4.37. The lowest BCUT2D eigenvalue weighted by Crippen LogP contribution is -2.29. The molecule has 0 aromatic rings. The minimum Gasteiger partial charge on any atom is -0.277 e. The summed E-state index contributed by atoms with van der Waals surface area (Å²) in [5.41, 5.74) is 3.31. The van der Waals surface area contributed by atoms with Gasteiger partial charge in [-0.2, -0.15) is 0 Å². The van der Waals surface area contributed by atoms with Crippen molar-refractivity contribution in [1.29, 1.82) is 0 Å². The lowest BCUT2D eigenvalue weighted by molar-refractivity contribution is 0.688. The zero-order valence-electron chi connectivity index (χ0n) is 6.74. The van der Waals surface area contributed by atoms with Gasteiger partial charge in [0.2, 0.25) is 0 Å². The van der Waals surface area contributed by atoms with Gasteiger partial charge in [-0.3, -0.25) is 4.99 Å². The first-order valence-electron chi connectivity index (χ1n) is 3.78. The second kappa shape index (κ2) is 2.24. The molecule has 2 heteroatoms. The summed E-state index contributed by atoms with van der Waals surface area (Å²) in [6.07, 6.45) is 6.64. The quantitative estimate of drug-likeness (QED) is 0.537. The van der Waals surface area contributed by atoms with Gasteiger partial charge < -0.3 is 0 Å². The Bertz CT molecular complexity index is 265. The normalized spacial score (nSPS) is 40.5. The number of aliphatic imine (C=N–C) groups is 1. The molecule has 0 N–H and O–H groups in total. The van der Waals surface area contributed by atoms with Gasteiger partial charge in [-0.15, -0.1) is 11.8 Å². The Labute approximate surface area is 71.3 Å². The van der Waals surface area contributed by atoms with Crippen LogP contribution in [0.15, 0.2) is 28.8 Å². The maximum Gasteiger partial charge on any atom is 0.0872 e. The van der Waals surface area contributed by atoms with E-state index in [1.54, 1.807) is 0 Å². The van der Waals surface area contributed by atoms with Crippen LogP contribution in [0, 0.1) is 0 Å². The Morgan fingerprint density at radius 2 is 2.45 bits per heavy atom. The van der Waals surface area contributed by atoms with Crippen LogP contribution in [0.25, 0.3) is 0 Å². The van der Waals surface area contributed by atoms with E-state index >= 15 is 0 Å². The largest absolute Gasteiger partial charge is 0.277 e. The van der Waals surface area contributed by atoms with Crippen LogP contribution >= 0.6 is 11.8 Å². The molecule has 1 aliphatic carbocycles. The van der Waals surface area contributed by atoms with Gasteiger partial charge in [0.05, 0.1) is 16.3 Å². The lowest BCUT2D eigenvalue weighted by Gasteiger charge is -2.26. The molecule has 11 heavy (non-hydrogen) atoms. The zero-order valence-corrected chi connectivity index (χ0v) is 7.56. The van der Waals surface area contributed by atoms with E-state index in [4.69, 9.17) is 0 Å². The third-order valence-electron chi connectivity index (χ3n) is 2.17. The third kappa shape index (κ3) is 1.06. The summed E-state index contributed by atoms with van der Waals surface area (Å²) in [6, 6.07) is 0.371. The fourth-order valence-electron chi connectivity index (χ4n) is 1.53. The highest BCUT2D eigenvalue weighted by molar-refractivity contribution is 8.13. The molecule has 2 atom stereocenters. The van der Waals surface area contributed by atoms with Crippen LogP contribution in [-0.2, 0) is 0 Å². The molecule has 0 spiro atoms. The van der Waals surface area contributed by atoms with E-state index in [2.05, 4.69) is 37.1 Å². The van der Waals surface area contributed by atoms with E-state index in [0.717, 1.165) is 0 Å². The van der Waals surface area contributed by atoms with E-state index in [1.165, 1.54) is 5.57 Å². The van der Waals surface area contributed by atoms with Crippen molar-refractivity contribution in [3.05, 3.63) is 23.8 Å². The van der Waals surface area contributed by atoms with Crippen LogP contribution in [0.2, 0.25) is 0 Å². The van der Waals surface area contributed by atoms with Gasteiger partial charge in [0.1, 0.15) is 0 Å². The van der Waals surface area contributed by atoms with Crippen molar-refractivity contribution >= 4 is 17.3 Å². The van der Waals surface area contributed by atoms with Crippen molar-refractivity contribution in [2.45, 2.75) is 24.6 Å². The van der Waals surface area contributed by atoms with Crippen LogP contribution in [0.5, 0.6) is 0 Å². The molecule has 1 nitrogen and oxygen atoms in total. The number of hydrogen-bond donors (Lipinski definition) is 0. The van der Waals surface area contributed by atoms with Crippen LogP contribution in [0.4, 0.5) is 0 Å². The van der Waals surface area contributed by atoms with Crippen molar-refractivity contribution in [1.82, 2.24) is 0 Å². The summed E-state index contributed by atoms with van der Waals surface area (Å²) < 4.78 is 0.207. The van der Waals surface area contributed by atoms with Crippen LogP contribution in [-0.4, -0.2) is 16.3 Å². The summed E-state index contributed by atoms with van der Waals surface area (Å²) in [5.74, 6) is 0.